The Bertz CT molecular complexity index is 602. The minimum Gasteiger partial charge on any atom is -0.342 e. The Balaban J connectivity index is 2.04. The summed E-state index contributed by atoms with van der Waals surface area (Å²) in [6.07, 6.45) is 1.19. The molecule has 1 fully saturated rings. The van der Waals surface area contributed by atoms with Crippen LogP contribution in [0.5, 0.6) is 0 Å². The highest BCUT2D eigenvalue weighted by molar-refractivity contribution is 6.13. The standard InChI is InChI=1S/C17H23N3O3/c1-4-20(5-2)16(23)17(10-11-17)15(22)19-14-8-6-13(7-9-14)18-12(3)21/h6-9H,4-5,10-11H2,1-3H3,(H,18,21)(H,19,22). The van der Waals surface area contributed by atoms with Crippen LogP contribution in [0.3, 0.4) is 0 Å². The molecule has 23 heavy (non-hydrogen) atoms. The van der Waals surface area contributed by atoms with Crippen molar-refractivity contribution in [2.24, 2.45) is 5.41 Å². The van der Waals surface area contributed by atoms with Crippen molar-refractivity contribution >= 4 is 29.1 Å². The molecule has 1 aliphatic rings. The maximum absolute atomic E-state index is 12.5. The van der Waals surface area contributed by atoms with Gasteiger partial charge in [0.15, 0.2) is 0 Å². The van der Waals surface area contributed by atoms with Gasteiger partial charge in [0.25, 0.3) is 0 Å². The van der Waals surface area contributed by atoms with Crippen LogP contribution in [0.1, 0.15) is 33.6 Å². The molecule has 0 saturated heterocycles. The predicted octanol–water partition coefficient (Wildman–Crippen LogP) is 2.23. The number of nitrogens with one attached hydrogen (secondary N) is 2. The van der Waals surface area contributed by atoms with Crippen LogP contribution in [0.4, 0.5) is 11.4 Å². The third kappa shape index (κ3) is 3.70. The Hall–Kier alpha value is -2.37. The van der Waals surface area contributed by atoms with Crippen molar-refractivity contribution in [2.75, 3.05) is 23.7 Å². The Morgan fingerprint density at radius 2 is 1.48 bits per heavy atom. The summed E-state index contributed by atoms with van der Waals surface area (Å²) in [5, 5.41) is 5.47. The second kappa shape index (κ2) is 6.81. The number of rotatable bonds is 6. The molecule has 1 aliphatic carbocycles. The summed E-state index contributed by atoms with van der Waals surface area (Å²) in [6.45, 7) is 6.48. The SMILES string of the molecule is CCN(CC)C(=O)C1(C(=O)Nc2ccc(NC(C)=O)cc2)CC1. The van der Waals surface area contributed by atoms with Crippen LogP contribution in [0.2, 0.25) is 0 Å². The number of anilines is 2. The molecule has 0 unspecified atom stereocenters. The zero-order chi connectivity index (χ0) is 17.0. The molecule has 0 atom stereocenters. The van der Waals surface area contributed by atoms with Crippen LogP contribution in [-0.4, -0.2) is 35.7 Å². The van der Waals surface area contributed by atoms with Gasteiger partial charge in [0.1, 0.15) is 5.41 Å². The molecule has 1 aromatic carbocycles. The van der Waals surface area contributed by atoms with E-state index in [4.69, 9.17) is 0 Å². The van der Waals surface area contributed by atoms with Gasteiger partial charge >= 0.3 is 0 Å². The lowest BCUT2D eigenvalue weighted by Gasteiger charge is -2.24. The van der Waals surface area contributed by atoms with E-state index < -0.39 is 5.41 Å². The zero-order valence-electron chi connectivity index (χ0n) is 13.8. The Morgan fingerprint density at radius 3 is 1.87 bits per heavy atom. The van der Waals surface area contributed by atoms with Crippen molar-refractivity contribution < 1.29 is 14.4 Å². The maximum atomic E-state index is 12.5. The van der Waals surface area contributed by atoms with E-state index in [0.29, 0.717) is 37.3 Å². The molecule has 0 spiro atoms. The minimum absolute atomic E-state index is 0.0881. The number of benzene rings is 1. The number of hydrogen-bond acceptors (Lipinski definition) is 3. The molecule has 0 aromatic heterocycles. The number of carbonyl (C=O) groups is 3. The van der Waals surface area contributed by atoms with Crippen molar-refractivity contribution in [3.63, 3.8) is 0 Å². The van der Waals surface area contributed by atoms with Gasteiger partial charge in [-0.1, -0.05) is 0 Å². The highest BCUT2D eigenvalue weighted by Gasteiger charge is 2.57. The van der Waals surface area contributed by atoms with E-state index in [0.717, 1.165) is 0 Å². The van der Waals surface area contributed by atoms with Gasteiger partial charge in [-0.15, -0.1) is 0 Å². The van der Waals surface area contributed by atoms with Crippen LogP contribution in [0.25, 0.3) is 0 Å². The highest BCUT2D eigenvalue weighted by Crippen LogP contribution is 2.48. The summed E-state index contributed by atoms with van der Waals surface area (Å²) in [5.74, 6) is -0.486. The van der Waals surface area contributed by atoms with Crippen LogP contribution < -0.4 is 10.6 Å². The van der Waals surface area contributed by atoms with Gasteiger partial charge in [-0.3, -0.25) is 14.4 Å². The Kier molecular flexibility index (Phi) is 5.03. The third-order valence-electron chi connectivity index (χ3n) is 4.11. The molecule has 3 amide bonds. The first-order valence-electron chi connectivity index (χ1n) is 7.91. The molecule has 0 aliphatic heterocycles. The van der Waals surface area contributed by atoms with Gasteiger partial charge in [0.2, 0.25) is 17.7 Å². The lowest BCUT2D eigenvalue weighted by atomic mass is 10.0. The molecular weight excluding hydrogens is 294 g/mol. The predicted molar refractivity (Wildman–Crippen MR) is 89.0 cm³/mol. The van der Waals surface area contributed by atoms with E-state index in [2.05, 4.69) is 10.6 Å². The molecule has 0 bridgehead atoms. The van der Waals surface area contributed by atoms with Gasteiger partial charge in [-0.25, -0.2) is 0 Å². The monoisotopic (exact) mass is 317 g/mol. The highest BCUT2D eigenvalue weighted by atomic mass is 16.2. The molecule has 2 rings (SSSR count). The second-order valence-corrected chi connectivity index (χ2v) is 5.77. The first-order chi connectivity index (χ1) is 10.9. The van der Waals surface area contributed by atoms with Crippen LogP contribution >= 0.6 is 0 Å². The van der Waals surface area contributed by atoms with E-state index in [1.54, 1.807) is 29.2 Å². The third-order valence-corrected chi connectivity index (χ3v) is 4.11. The average Bonchev–Trinajstić information content (AvgIpc) is 3.31. The molecular formula is C17H23N3O3. The van der Waals surface area contributed by atoms with E-state index >= 15 is 0 Å². The van der Waals surface area contributed by atoms with Gasteiger partial charge in [-0.2, -0.15) is 0 Å². The van der Waals surface area contributed by atoms with Crippen molar-refractivity contribution in [3.8, 4) is 0 Å². The topological polar surface area (TPSA) is 78.5 Å². The van der Waals surface area contributed by atoms with Crippen LogP contribution in [-0.2, 0) is 14.4 Å². The molecule has 6 nitrogen and oxygen atoms in total. The first kappa shape index (κ1) is 17.0. The van der Waals surface area contributed by atoms with Gasteiger partial charge in [-0.05, 0) is 51.0 Å². The zero-order valence-corrected chi connectivity index (χ0v) is 13.8. The van der Waals surface area contributed by atoms with E-state index in [9.17, 15) is 14.4 Å². The Labute approximate surface area is 136 Å². The molecule has 1 saturated carbocycles. The summed E-state index contributed by atoms with van der Waals surface area (Å²) in [5.41, 5.74) is 0.376. The maximum Gasteiger partial charge on any atom is 0.240 e. The van der Waals surface area contributed by atoms with E-state index in [1.165, 1.54) is 6.92 Å². The van der Waals surface area contributed by atoms with Crippen molar-refractivity contribution in [1.82, 2.24) is 4.90 Å². The minimum atomic E-state index is -0.900. The molecule has 1 aromatic rings. The fourth-order valence-electron chi connectivity index (χ4n) is 2.57. The largest absolute Gasteiger partial charge is 0.342 e. The summed E-state index contributed by atoms with van der Waals surface area (Å²) >= 11 is 0. The second-order valence-electron chi connectivity index (χ2n) is 5.77. The van der Waals surface area contributed by atoms with Gasteiger partial charge in [0, 0.05) is 31.4 Å². The molecule has 124 valence electrons. The smallest absolute Gasteiger partial charge is 0.240 e. The van der Waals surface area contributed by atoms with Gasteiger partial charge < -0.3 is 15.5 Å². The number of hydrogen-bond donors (Lipinski definition) is 2. The fraction of sp³-hybridized carbons (Fsp3) is 0.471. The first-order valence-corrected chi connectivity index (χ1v) is 7.91. The summed E-state index contributed by atoms with van der Waals surface area (Å²) in [7, 11) is 0. The fourth-order valence-corrected chi connectivity index (χ4v) is 2.57. The summed E-state index contributed by atoms with van der Waals surface area (Å²) in [6, 6.07) is 6.84. The van der Waals surface area contributed by atoms with Crippen molar-refractivity contribution in [2.45, 2.75) is 33.6 Å². The molecule has 0 heterocycles. The average molecular weight is 317 g/mol. The van der Waals surface area contributed by atoms with Crippen molar-refractivity contribution in [1.29, 1.82) is 0 Å². The van der Waals surface area contributed by atoms with Crippen molar-refractivity contribution in [3.05, 3.63) is 24.3 Å². The molecule has 0 radical (unpaired) electrons. The lowest BCUT2D eigenvalue weighted by molar-refractivity contribution is -0.142. The number of carbonyl (C=O) groups excluding carboxylic acids is 3. The molecule has 2 N–H and O–H groups in total. The Morgan fingerprint density at radius 1 is 1.00 bits per heavy atom. The van der Waals surface area contributed by atoms with E-state index in [-0.39, 0.29) is 17.7 Å². The van der Waals surface area contributed by atoms with Crippen LogP contribution in [0, 0.1) is 5.41 Å². The quantitative estimate of drug-likeness (QED) is 0.790. The summed E-state index contributed by atoms with van der Waals surface area (Å²) < 4.78 is 0. The van der Waals surface area contributed by atoms with Gasteiger partial charge in [0.05, 0.1) is 0 Å². The lowest BCUT2D eigenvalue weighted by Crippen LogP contribution is -2.42. The van der Waals surface area contributed by atoms with E-state index in [1.807, 2.05) is 13.8 Å². The number of amides is 3. The normalized spacial score (nSPS) is 14.7. The molecule has 6 heteroatoms. The summed E-state index contributed by atoms with van der Waals surface area (Å²) in [4.78, 5) is 37.7. The number of nitrogens with zero attached hydrogens (tertiary/aromatic N) is 1. The van der Waals surface area contributed by atoms with Crippen LogP contribution in [0.15, 0.2) is 24.3 Å².